The first-order valence-corrected chi connectivity index (χ1v) is 9.27. The molecule has 1 aromatic rings. The Bertz CT molecular complexity index is 532. The van der Waals surface area contributed by atoms with Crippen molar-refractivity contribution in [2.45, 2.75) is 63.4 Å². The Morgan fingerprint density at radius 2 is 2.32 bits per heavy atom. The molecule has 122 valence electrons. The molecule has 1 aliphatic heterocycles. The van der Waals surface area contributed by atoms with Crippen molar-refractivity contribution >= 4 is 17.8 Å². The van der Waals surface area contributed by atoms with Gasteiger partial charge in [0.15, 0.2) is 5.82 Å². The molecule has 2 unspecified atom stereocenters. The molecule has 1 saturated carbocycles. The van der Waals surface area contributed by atoms with Gasteiger partial charge in [-0.1, -0.05) is 6.92 Å². The van der Waals surface area contributed by atoms with Crippen LogP contribution >= 0.6 is 11.8 Å². The molecule has 2 amide bonds. The van der Waals surface area contributed by atoms with E-state index in [4.69, 9.17) is 0 Å². The summed E-state index contributed by atoms with van der Waals surface area (Å²) in [5, 5.41) is 12.1. The molecule has 0 bridgehead atoms. The highest BCUT2D eigenvalue weighted by Crippen LogP contribution is 2.32. The van der Waals surface area contributed by atoms with E-state index >= 15 is 0 Å². The number of carbonyl (C=O) groups excluding carboxylic acids is 1. The van der Waals surface area contributed by atoms with Crippen LogP contribution in [0, 0.1) is 0 Å². The van der Waals surface area contributed by atoms with E-state index in [1.54, 1.807) is 0 Å². The summed E-state index contributed by atoms with van der Waals surface area (Å²) in [6, 6.07) is 0.371. The minimum atomic E-state index is 0.00231. The lowest BCUT2D eigenvalue weighted by Crippen LogP contribution is -2.42. The van der Waals surface area contributed by atoms with Crippen LogP contribution in [0.2, 0.25) is 0 Å². The molecule has 0 aromatic carbocycles. The van der Waals surface area contributed by atoms with Crippen LogP contribution < -0.4 is 5.32 Å². The second-order valence-electron chi connectivity index (χ2n) is 6.10. The van der Waals surface area contributed by atoms with Gasteiger partial charge in [0.25, 0.3) is 0 Å². The lowest BCUT2D eigenvalue weighted by molar-refractivity contribution is 0.190. The molecule has 6 nitrogen and oxygen atoms in total. The Balaban J connectivity index is 1.49. The SMILES string of the molecule is CCSC1CCC(N(C)C(=O)NCc2nnc3n2CCC3)C1. The fourth-order valence-electron chi connectivity index (χ4n) is 3.44. The van der Waals surface area contributed by atoms with Gasteiger partial charge in [0.05, 0.1) is 6.54 Å². The Hall–Kier alpha value is -1.24. The van der Waals surface area contributed by atoms with Crippen molar-refractivity contribution in [3.63, 3.8) is 0 Å². The number of aromatic nitrogens is 3. The van der Waals surface area contributed by atoms with Gasteiger partial charge >= 0.3 is 6.03 Å². The highest BCUT2D eigenvalue weighted by molar-refractivity contribution is 7.99. The number of urea groups is 1. The highest BCUT2D eigenvalue weighted by Gasteiger charge is 2.30. The number of thioether (sulfide) groups is 1. The van der Waals surface area contributed by atoms with Gasteiger partial charge < -0.3 is 14.8 Å². The molecule has 1 aliphatic carbocycles. The molecule has 7 heteroatoms. The van der Waals surface area contributed by atoms with Crippen LogP contribution in [-0.4, -0.2) is 49.8 Å². The Labute approximate surface area is 136 Å². The minimum absolute atomic E-state index is 0.00231. The van der Waals surface area contributed by atoms with Gasteiger partial charge in [-0.05, 0) is 31.4 Å². The van der Waals surface area contributed by atoms with Gasteiger partial charge in [0, 0.05) is 31.3 Å². The second-order valence-corrected chi connectivity index (χ2v) is 7.68. The lowest BCUT2D eigenvalue weighted by atomic mass is 10.2. The Morgan fingerprint density at radius 3 is 3.14 bits per heavy atom. The first kappa shape index (κ1) is 15.6. The van der Waals surface area contributed by atoms with Gasteiger partial charge in [-0.15, -0.1) is 10.2 Å². The maximum absolute atomic E-state index is 12.3. The number of amides is 2. The first-order valence-electron chi connectivity index (χ1n) is 8.22. The predicted molar refractivity (Wildman–Crippen MR) is 87.9 cm³/mol. The van der Waals surface area contributed by atoms with Crippen LogP contribution in [0.15, 0.2) is 0 Å². The molecule has 0 radical (unpaired) electrons. The molecule has 3 rings (SSSR count). The van der Waals surface area contributed by atoms with Crippen molar-refractivity contribution in [3.05, 3.63) is 11.6 Å². The number of nitrogens with zero attached hydrogens (tertiary/aromatic N) is 4. The van der Waals surface area contributed by atoms with E-state index < -0.39 is 0 Å². The third kappa shape index (κ3) is 3.24. The molecule has 2 aliphatic rings. The van der Waals surface area contributed by atoms with Gasteiger partial charge in [0.2, 0.25) is 0 Å². The lowest BCUT2D eigenvalue weighted by Gasteiger charge is -2.25. The van der Waals surface area contributed by atoms with Crippen LogP contribution in [-0.2, 0) is 19.5 Å². The van der Waals surface area contributed by atoms with Gasteiger partial charge in [0.1, 0.15) is 5.82 Å². The molecule has 0 saturated heterocycles. The Kier molecular flexibility index (Phi) is 4.90. The van der Waals surface area contributed by atoms with Crippen LogP contribution in [0.1, 0.15) is 44.3 Å². The maximum Gasteiger partial charge on any atom is 0.317 e. The summed E-state index contributed by atoms with van der Waals surface area (Å²) in [6.07, 6.45) is 5.58. The number of fused-ring (bicyclic) bond motifs is 1. The molecule has 2 heterocycles. The van der Waals surface area contributed by atoms with E-state index in [2.05, 4.69) is 27.0 Å². The number of hydrogen-bond acceptors (Lipinski definition) is 4. The minimum Gasteiger partial charge on any atom is -0.331 e. The fourth-order valence-corrected chi connectivity index (χ4v) is 4.58. The van der Waals surface area contributed by atoms with Crippen molar-refractivity contribution in [2.24, 2.45) is 0 Å². The summed E-state index contributed by atoms with van der Waals surface area (Å²) in [5.74, 6) is 3.08. The van der Waals surface area contributed by atoms with Crippen molar-refractivity contribution in [1.82, 2.24) is 25.0 Å². The van der Waals surface area contributed by atoms with Crippen molar-refractivity contribution in [3.8, 4) is 0 Å². The quantitative estimate of drug-likeness (QED) is 0.901. The zero-order valence-electron chi connectivity index (χ0n) is 13.4. The Morgan fingerprint density at radius 1 is 1.45 bits per heavy atom. The maximum atomic E-state index is 12.3. The molecule has 22 heavy (non-hydrogen) atoms. The fraction of sp³-hybridized carbons (Fsp3) is 0.800. The first-order chi connectivity index (χ1) is 10.7. The molecule has 1 fully saturated rings. The average molecular weight is 323 g/mol. The summed E-state index contributed by atoms with van der Waals surface area (Å²) in [7, 11) is 1.91. The van der Waals surface area contributed by atoms with Crippen molar-refractivity contribution in [1.29, 1.82) is 0 Å². The largest absolute Gasteiger partial charge is 0.331 e. The van der Waals surface area contributed by atoms with E-state index in [0.29, 0.717) is 17.8 Å². The summed E-state index contributed by atoms with van der Waals surface area (Å²) < 4.78 is 2.13. The number of carbonyl (C=O) groups is 1. The van der Waals surface area contributed by atoms with Crippen LogP contribution in [0.4, 0.5) is 4.79 Å². The van der Waals surface area contributed by atoms with E-state index in [-0.39, 0.29) is 6.03 Å². The summed E-state index contributed by atoms with van der Waals surface area (Å²) in [4.78, 5) is 14.2. The number of nitrogens with one attached hydrogen (secondary N) is 1. The van der Waals surface area contributed by atoms with E-state index in [0.717, 1.165) is 49.6 Å². The monoisotopic (exact) mass is 323 g/mol. The topological polar surface area (TPSA) is 63.1 Å². The smallest absolute Gasteiger partial charge is 0.317 e. The number of hydrogen-bond donors (Lipinski definition) is 1. The highest BCUT2D eigenvalue weighted by atomic mass is 32.2. The summed E-state index contributed by atoms with van der Waals surface area (Å²) in [5.41, 5.74) is 0. The van der Waals surface area contributed by atoms with Crippen LogP contribution in [0.5, 0.6) is 0 Å². The zero-order chi connectivity index (χ0) is 15.5. The van der Waals surface area contributed by atoms with E-state index in [1.807, 2.05) is 23.7 Å². The third-order valence-electron chi connectivity index (χ3n) is 4.71. The van der Waals surface area contributed by atoms with E-state index in [1.165, 1.54) is 6.42 Å². The normalized spacial score (nSPS) is 23.5. The molecular formula is C15H25N5OS. The second kappa shape index (κ2) is 6.89. The third-order valence-corrected chi connectivity index (χ3v) is 5.94. The van der Waals surface area contributed by atoms with Crippen LogP contribution in [0.3, 0.4) is 0 Å². The molecule has 1 N–H and O–H groups in total. The average Bonchev–Trinajstić information content (AvgIpc) is 3.21. The van der Waals surface area contributed by atoms with Crippen molar-refractivity contribution < 1.29 is 4.79 Å². The van der Waals surface area contributed by atoms with E-state index in [9.17, 15) is 4.79 Å². The number of aryl methyl sites for hydroxylation is 1. The predicted octanol–water partition coefficient (Wildman–Crippen LogP) is 2.04. The molecule has 2 atom stereocenters. The zero-order valence-corrected chi connectivity index (χ0v) is 14.2. The van der Waals surface area contributed by atoms with Gasteiger partial charge in [-0.25, -0.2) is 4.79 Å². The molecule has 1 aromatic heterocycles. The van der Waals surface area contributed by atoms with Gasteiger partial charge in [-0.2, -0.15) is 11.8 Å². The molecular weight excluding hydrogens is 298 g/mol. The summed E-state index contributed by atoms with van der Waals surface area (Å²) in [6.45, 7) is 3.64. The van der Waals surface area contributed by atoms with Crippen LogP contribution in [0.25, 0.3) is 0 Å². The standard InChI is InChI=1S/C15H25N5OS/c1-3-22-12-7-6-11(9-12)19(2)15(21)16-10-14-18-17-13-5-4-8-20(13)14/h11-12H,3-10H2,1-2H3,(H,16,21). The summed E-state index contributed by atoms with van der Waals surface area (Å²) >= 11 is 2.02. The molecule has 0 spiro atoms. The number of rotatable bonds is 5. The van der Waals surface area contributed by atoms with Crippen molar-refractivity contribution in [2.75, 3.05) is 12.8 Å². The van der Waals surface area contributed by atoms with Gasteiger partial charge in [-0.3, -0.25) is 0 Å².